The molecule has 1 rings (SSSR count). The highest BCUT2D eigenvalue weighted by atomic mass is 32.2. The molecule has 1 aliphatic heterocycles. The third kappa shape index (κ3) is 2.76. The molecule has 66 valence electrons. The summed E-state index contributed by atoms with van der Waals surface area (Å²) in [5, 5.41) is 11.4. The van der Waals surface area contributed by atoms with Gasteiger partial charge in [-0.15, -0.1) is 0 Å². The van der Waals surface area contributed by atoms with Crippen LogP contribution in [0.3, 0.4) is 0 Å². The molecule has 0 amide bonds. The first kappa shape index (κ1) is 8.96. The Morgan fingerprint density at radius 3 is 2.73 bits per heavy atom. The molecule has 1 fully saturated rings. The topological polar surface area (TPSA) is 66.4 Å². The number of rotatable bonds is 3. The van der Waals surface area contributed by atoms with Crippen LogP contribution in [0, 0.1) is 0 Å². The highest BCUT2D eigenvalue weighted by molar-refractivity contribution is 7.91. The van der Waals surface area contributed by atoms with Crippen molar-refractivity contribution >= 4 is 9.84 Å². The molecule has 1 aliphatic rings. The maximum absolute atomic E-state index is 10.9. The molecule has 0 bridgehead atoms. The number of hydrogen-bond acceptors (Lipinski definition) is 4. The summed E-state index contributed by atoms with van der Waals surface area (Å²) in [5.41, 5.74) is 0. The zero-order valence-corrected chi connectivity index (χ0v) is 7.10. The Labute approximate surface area is 66.5 Å². The van der Waals surface area contributed by atoms with E-state index < -0.39 is 9.84 Å². The molecule has 1 atom stereocenters. The fourth-order valence-corrected chi connectivity index (χ4v) is 2.93. The van der Waals surface area contributed by atoms with E-state index in [0.29, 0.717) is 13.0 Å². The SMILES string of the molecule is O=S1(=O)CC[C@@H](NCCO)C1. The Morgan fingerprint density at radius 1 is 1.55 bits per heavy atom. The average molecular weight is 179 g/mol. The Balaban J connectivity index is 2.31. The molecule has 0 aliphatic carbocycles. The Hall–Kier alpha value is -0.130. The largest absolute Gasteiger partial charge is 0.395 e. The highest BCUT2D eigenvalue weighted by Gasteiger charge is 2.26. The minimum absolute atomic E-state index is 0.0622. The normalized spacial score (nSPS) is 29.0. The van der Waals surface area contributed by atoms with E-state index in [0.717, 1.165) is 0 Å². The van der Waals surface area contributed by atoms with Crippen molar-refractivity contribution in [3.63, 3.8) is 0 Å². The zero-order valence-electron chi connectivity index (χ0n) is 6.28. The van der Waals surface area contributed by atoms with E-state index >= 15 is 0 Å². The van der Waals surface area contributed by atoms with Gasteiger partial charge in [-0.05, 0) is 6.42 Å². The van der Waals surface area contributed by atoms with Crippen LogP contribution in [0.15, 0.2) is 0 Å². The number of aliphatic hydroxyl groups excluding tert-OH is 1. The quantitative estimate of drug-likeness (QED) is 0.568. The third-order valence-electron chi connectivity index (χ3n) is 1.78. The fraction of sp³-hybridized carbons (Fsp3) is 1.00. The first-order chi connectivity index (χ1) is 5.14. The van der Waals surface area contributed by atoms with E-state index in [9.17, 15) is 8.42 Å². The molecule has 1 saturated heterocycles. The summed E-state index contributed by atoms with van der Waals surface area (Å²) < 4.78 is 21.8. The lowest BCUT2D eigenvalue weighted by Crippen LogP contribution is -2.32. The van der Waals surface area contributed by atoms with Gasteiger partial charge >= 0.3 is 0 Å². The summed E-state index contributed by atoms with van der Waals surface area (Å²) in [6, 6.07) is 0.0622. The zero-order chi connectivity index (χ0) is 8.32. The van der Waals surface area contributed by atoms with Crippen LogP contribution in [0.5, 0.6) is 0 Å². The van der Waals surface area contributed by atoms with Gasteiger partial charge in [-0.3, -0.25) is 0 Å². The summed E-state index contributed by atoms with van der Waals surface area (Å²) in [5.74, 6) is 0.517. The van der Waals surface area contributed by atoms with Crippen molar-refractivity contribution in [3.05, 3.63) is 0 Å². The number of sulfone groups is 1. The molecular formula is C6H13NO3S. The van der Waals surface area contributed by atoms with Crippen LogP contribution < -0.4 is 5.32 Å². The summed E-state index contributed by atoms with van der Waals surface area (Å²) in [7, 11) is -2.77. The Kier molecular flexibility index (Phi) is 2.86. The first-order valence-corrected chi connectivity index (χ1v) is 5.51. The summed E-state index contributed by atoms with van der Waals surface area (Å²) in [6.07, 6.45) is 0.683. The van der Waals surface area contributed by atoms with E-state index in [1.807, 2.05) is 0 Å². The minimum atomic E-state index is -2.77. The van der Waals surface area contributed by atoms with E-state index in [1.54, 1.807) is 0 Å². The van der Waals surface area contributed by atoms with Gasteiger partial charge in [0.1, 0.15) is 0 Å². The maximum Gasteiger partial charge on any atom is 0.151 e. The van der Waals surface area contributed by atoms with Gasteiger partial charge in [-0.25, -0.2) is 8.42 Å². The Bertz CT molecular complexity index is 212. The monoisotopic (exact) mass is 179 g/mol. The number of aliphatic hydroxyl groups is 1. The highest BCUT2D eigenvalue weighted by Crippen LogP contribution is 2.10. The van der Waals surface area contributed by atoms with Crippen LogP contribution >= 0.6 is 0 Å². The van der Waals surface area contributed by atoms with Gasteiger partial charge in [0.05, 0.1) is 18.1 Å². The molecule has 0 unspecified atom stereocenters. The number of hydrogen-bond donors (Lipinski definition) is 2. The van der Waals surface area contributed by atoms with Crippen LogP contribution in [0.25, 0.3) is 0 Å². The van der Waals surface area contributed by atoms with Gasteiger partial charge in [0.15, 0.2) is 9.84 Å². The van der Waals surface area contributed by atoms with Crippen LogP contribution in [0.1, 0.15) is 6.42 Å². The van der Waals surface area contributed by atoms with Crippen LogP contribution in [0.2, 0.25) is 0 Å². The second-order valence-corrected chi connectivity index (χ2v) is 5.01. The van der Waals surface area contributed by atoms with Crippen molar-refractivity contribution in [1.82, 2.24) is 5.32 Å². The van der Waals surface area contributed by atoms with Crippen molar-refractivity contribution in [3.8, 4) is 0 Å². The molecular weight excluding hydrogens is 166 g/mol. The van der Waals surface area contributed by atoms with Crippen molar-refractivity contribution in [1.29, 1.82) is 0 Å². The standard InChI is InChI=1S/C6H13NO3S/c8-3-2-7-6-1-4-11(9,10)5-6/h6-8H,1-5H2/t6-/m1/s1. The fourth-order valence-electron chi connectivity index (χ4n) is 1.22. The van der Waals surface area contributed by atoms with Crippen molar-refractivity contribution in [2.24, 2.45) is 0 Å². The van der Waals surface area contributed by atoms with Gasteiger partial charge in [0.2, 0.25) is 0 Å². The molecule has 2 N–H and O–H groups in total. The van der Waals surface area contributed by atoms with E-state index in [2.05, 4.69) is 5.32 Å². The van der Waals surface area contributed by atoms with Crippen LogP contribution in [-0.4, -0.2) is 44.2 Å². The van der Waals surface area contributed by atoms with Gasteiger partial charge in [-0.1, -0.05) is 0 Å². The summed E-state index contributed by atoms with van der Waals surface area (Å²) >= 11 is 0. The molecule has 0 aromatic heterocycles. The molecule has 0 aromatic rings. The minimum Gasteiger partial charge on any atom is -0.395 e. The second-order valence-electron chi connectivity index (χ2n) is 2.78. The molecule has 0 aromatic carbocycles. The lowest BCUT2D eigenvalue weighted by Gasteiger charge is -2.07. The lowest BCUT2D eigenvalue weighted by molar-refractivity contribution is 0.286. The average Bonchev–Trinajstić information content (AvgIpc) is 2.26. The summed E-state index contributed by atoms with van der Waals surface area (Å²) in [6.45, 7) is 0.552. The molecule has 0 spiro atoms. The van der Waals surface area contributed by atoms with Gasteiger partial charge < -0.3 is 10.4 Å². The van der Waals surface area contributed by atoms with Gasteiger partial charge in [0.25, 0.3) is 0 Å². The van der Waals surface area contributed by atoms with Gasteiger partial charge in [-0.2, -0.15) is 0 Å². The predicted molar refractivity (Wildman–Crippen MR) is 42.1 cm³/mol. The van der Waals surface area contributed by atoms with Crippen molar-refractivity contribution in [2.75, 3.05) is 24.7 Å². The summed E-state index contributed by atoms with van der Waals surface area (Å²) in [4.78, 5) is 0. The van der Waals surface area contributed by atoms with Crippen molar-refractivity contribution in [2.45, 2.75) is 12.5 Å². The van der Waals surface area contributed by atoms with E-state index in [-0.39, 0.29) is 24.2 Å². The van der Waals surface area contributed by atoms with Crippen LogP contribution in [-0.2, 0) is 9.84 Å². The lowest BCUT2D eigenvalue weighted by atomic mass is 10.3. The predicted octanol–water partition coefficient (Wildman–Crippen LogP) is -1.24. The van der Waals surface area contributed by atoms with Crippen LogP contribution in [0.4, 0.5) is 0 Å². The smallest absolute Gasteiger partial charge is 0.151 e. The van der Waals surface area contributed by atoms with Gasteiger partial charge in [0, 0.05) is 12.6 Å². The molecule has 4 nitrogen and oxygen atoms in total. The molecule has 0 radical (unpaired) electrons. The second kappa shape index (κ2) is 3.51. The third-order valence-corrected chi connectivity index (χ3v) is 3.55. The molecule has 5 heteroatoms. The molecule has 11 heavy (non-hydrogen) atoms. The molecule has 0 saturated carbocycles. The maximum atomic E-state index is 10.9. The Morgan fingerprint density at radius 2 is 2.27 bits per heavy atom. The van der Waals surface area contributed by atoms with E-state index in [4.69, 9.17) is 5.11 Å². The van der Waals surface area contributed by atoms with Crippen molar-refractivity contribution < 1.29 is 13.5 Å². The van der Waals surface area contributed by atoms with E-state index in [1.165, 1.54) is 0 Å². The first-order valence-electron chi connectivity index (χ1n) is 3.69. The number of nitrogens with one attached hydrogen (secondary N) is 1. The molecule has 1 heterocycles.